The maximum atomic E-state index is 11.3. The number of fused-ring (bicyclic) bond motifs is 3. The van der Waals surface area contributed by atoms with Crippen LogP contribution in [0.1, 0.15) is 88.7 Å². The van der Waals surface area contributed by atoms with Gasteiger partial charge in [0.2, 0.25) is 0 Å². The summed E-state index contributed by atoms with van der Waals surface area (Å²) in [7, 11) is 0. The van der Waals surface area contributed by atoms with Crippen LogP contribution in [0.3, 0.4) is 0 Å². The Morgan fingerprint density at radius 2 is 1.88 bits per heavy atom. The molecule has 5 fully saturated rings. The van der Waals surface area contributed by atoms with Crippen molar-refractivity contribution in [2.75, 3.05) is 6.54 Å². The third-order valence-corrected chi connectivity index (χ3v) is 9.98. The van der Waals surface area contributed by atoms with E-state index in [-0.39, 0.29) is 28.5 Å². The molecule has 1 heterocycles. The smallest absolute Gasteiger partial charge is 0.127 e. The molecule has 1 aromatic carbocycles. The highest BCUT2D eigenvalue weighted by Crippen LogP contribution is 2.67. The van der Waals surface area contributed by atoms with Crippen molar-refractivity contribution in [3.63, 3.8) is 0 Å². The molecule has 2 N–H and O–H groups in total. The molecule has 6 aliphatic rings. The SMILES string of the molecule is CC1(C)Oc2cc(C34CC5CC(CC(CN=C=S)(C5)C3)C4)cc(O)c2C2CC(O)CCC21. The highest BCUT2D eigenvalue weighted by Gasteiger charge is 2.58. The monoisotopic (exact) mass is 453 g/mol. The van der Waals surface area contributed by atoms with Crippen LogP contribution in [0.5, 0.6) is 11.5 Å². The zero-order valence-corrected chi connectivity index (χ0v) is 20.1. The first-order chi connectivity index (χ1) is 15.2. The van der Waals surface area contributed by atoms with Crippen LogP contribution in [0.4, 0.5) is 0 Å². The first-order valence-corrected chi connectivity index (χ1v) is 12.9. The highest BCUT2D eigenvalue weighted by molar-refractivity contribution is 7.78. The summed E-state index contributed by atoms with van der Waals surface area (Å²) >= 11 is 4.90. The number of hydrogen-bond donors (Lipinski definition) is 2. The van der Waals surface area contributed by atoms with Crippen LogP contribution in [-0.2, 0) is 5.41 Å². The van der Waals surface area contributed by atoms with Gasteiger partial charge in [0, 0.05) is 17.4 Å². The summed E-state index contributed by atoms with van der Waals surface area (Å²) in [5.41, 5.74) is 2.23. The van der Waals surface area contributed by atoms with Crippen LogP contribution >= 0.6 is 12.2 Å². The first-order valence-electron chi connectivity index (χ1n) is 12.5. The molecule has 0 spiro atoms. The average molecular weight is 454 g/mol. The summed E-state index contributed by atoms with van der Waals surface area (Å²) < 4.78 is 6.61. The fourth-order valence-electron chi connectivity index (χ4n) is 9.21. The third kappa shape index (κ3) is 3.11. The van der Waals surface area contributed by atoms with Crippen molar-refractivity contribution in [1.82, 2.24) is 0 Å². The molecule has 172 valence electrons. The van der Waals surface area contributed by atoms with Gasteiger partial charge in [-0.05, 0) is 124 Å². The summed E-state index contributed by atoms with van der Waals surface area (Å²) in [4.78, 5) is 4.41. The van der Waals surface area contributed by atoms with E-state index in [2.05, 4.69) is 36.1 Å². The number of hydrogen-bond acceptors (Lipinski definition) is 5. The predicted octanol–water partition coefficient (Wildman–Crippen LogP) is 5.75. The molecule has 0 amide bonds. The summed E-state index contributed by atoms with van der Waals surface area (Å²) in [6.45, 7) is 5.16. The van der Waals surface area contributed by atoms with Crippen LogP contribution in [0.2, 0.25) is 0 Å². The molecule has 5 atom stereocenters. The van der Waals surface area contributed by atoms with Crippen molar-refractivity contribution in [1.29, 1.82) is 0 Å². The van der Waals surface area contributed by atoms with Crippen molar-refractivity contribution in [2.24, 2.45) is 28.2 Å². The number of aliphatic imine (C=N–C) groups is 1. The summed E-state index contributed by atoms with van der Waals surface area (Å²) in [5, 5.41) is 24.3. The second-order valence-electron chi connectivity index (χ2n) is 12.4. The molecular weight excluding hydrogens is 418 g/mol. The van der Waals surface area contributed by atoms with Gasteiger partial charge in [-0.15, -0.1) is 0 Å². The van der Waals surface area contributed by atoms with Crippen LogP contribution in [0, 0.1) is 23.2 Å². The number of rotatable bonds is 3. The molecule has 5 saturated carbocycles. The van der Waals surface area contributed by atoms with Gasteiger partial charge >= 0.3 is 0 Å². The molecule has 0 radical (unpaired) electrons. The van der Waals surface area contributed by atoms with Gasteiger partial charge in [-0.1, -0.05) is 0 Å². The second-order valence-corrected chi connectivity index (χ2v) is 12.6. The molecule has 32 heavy (non-hydrogen) atoms. The number of benzene rings is 1. The van der Waals surface area contributed by atoms with Crippen molar-refractivity contribution in [2.45, 2.75) is 94.7 Å². The number of aliphatic hydroxyl groups is 1. The van der Waals surface area contributed by atoms with Gasteiger partial charge in [-0.3, -0.25) is 0 Å². The molecule has 4 bridgehead atoms. The van der Waals surface area contributed by atoms with E-state index < -0.39 is 0 Å². The van der Waals surface area contributed by atoms with E-state index in [1.807, 2.05) is 0 Å². The van der Waals surface area contributed by atoms with Gasteiger partial charge in [-0.25, -0.2) is 4.99 Å². The van der Waals surface area contributed by atoms with Crippen molar-refractivity contribution in [3.05, 3.63) is 23.3 Å². The Morgan fingerprint density at radius 1 is 1.12 bits per heavy atom. The van der Waals surface area contributed by atoms with Crippen LogP contribution in [0.15, 0.2) is 17.1 Å². The van der Waals surface area contributed by atoms with Crippen molar-refractivity contribution < 1.29 is 14.9 Å². The first kappa shape index (κ1) is 21.1. The van der Waals surface area contributed by atoms with Gasteiger partial charge in [-0.2, -0.15) is 0 Å². The summed E-state index contributed by atoms with van der Waals surface area (Å²) in [6.07, 6.45) is 9.58. The average Bonchev–Trinajstić information content (AvgIpc) is 2.70. The largest absolute Gasteiger partial charge is 0.508 e. The maximum Gasteiger partial charge on any atom is 0.127 e. The molecule has 0 saturated heterocycles. The quantitative estimate of drug-likeness (QED) is 0.452. The number of phenolic OH excluding ortho intramolecular Hbond substituents is 1. The Balaban J connectivity index is 1.42. The molecule has 1 aliphatic heterocycles. The van der Waals surface area contributed by atoms with E-state index in [1.54, 1.807) is 0 Å². The van der Waals surface area contributed by atoms with E-state index in [4.69, 9.17) is 17.0 Å². The molecule has 5 unspecified atom stereocenters. The number of aliphatic hydroxyl groups excluding tert-OH is 1. The minimum Gasteiger partial charge on any atom is -0.508 e. The highest BCUT2D eigenvalue weighted by atomic mass is 32.1. The Bertz CT molecular complexity index is 983. The van der Waals surface area contributed by atoms with Crippen molar-refractivity contribution in [3.8, 4) is 11.5 Å². The van der Waals surface area contributed by atoms with Crippen molar-refractivity contribution >= 4 is 17.4 Å². The number of nitrogens with zero attached hydrogens (tertiary/aromatic N) is 1. The topological polar surface area (TPSA) is 62.0 Å². The van der Waals surface area contributed by atoms with Crippen LogP contribution in [-0.4, -0.2) is 33.6 Å². The number of thiocarbonyl (C=S) groups is 1. The molecule has 5 aliphatic carbocycles. The van der Waals surface area contributed by atoms with Crippen LogP contribution in [0.25, 0.3) is 0 Å². The molecule has 4 nitrogen and oxygen atoms in total. The van der Waals surface area contributed by atoms with E-state index in [0.29, 0.717) is 18.1 Å². The fourth-order valence-corrected chi connectivity index (χ4v) is 9.27. The zero-order chi connectivity index (χ0) is 22.3. The Morgan fingerprint density at radius 3 is 2.59 bits per heavy atom. The molecule has 0 aromatic heterocycles. The Labute approximate surface area is 196 Å². The van der Waals surface area contributed by atoms with E-state index >= 15 is 0 Å². The number of ether oxygens (including phenoxy) is 1. The minimum atomic E-state index is -0.292. The lowest BCUT2D eigenvalue weighted by molar-refractivity contribution is -0.0669. The molecular formula is C27H35NO3S. The lowest BCUT2D eigenvalue weighted by Crippen LogP contribution is -2.55. The standard InChI is InChI=1S/C27H35NO3S/c1-25(2)21-4-3-19(29)8-20(21)24-22(30)6-18(7-23(24)31-25)27-11-16-5-17(12-27)10-26(9-16,13-27)14-28-15-32/h6-7,16-17,19-21,29-30H,3-5,8-14H2,1-2H3. The summed E-state index contributed by atoms with van der Waals surface area (Å²) in [6, 6.07) is 4.32. The Kier molecular flexibility index (Phi) is 4.65. The maximum absolute atomic E-state index is 11.3. The lowest BCUT2D eigenvalue weighted by atomic mass is 9.43. The van der Waals surface area contributed by atoms with Crippen LogP contribution < -0.4 is 4.74 Å². The summed E-state index contributed by atoms with van der Waals surface area (Å²) in [5.74, 6) is 3.19. The fraction of sp³-hybridized carbons (Fsp3) is 0.741. The minimum absolute atomic E-state index is 0.101. The van der Waals surface area contributed by atoms with Gasteiger partial charge in [0.1, 0.15) is 17.1 Å². The molecule has 5 heteroatoms. The van der Waals surface area contributed by atoms with Gasteiger partial charge < -0.3 is 14.9 Å². The van der Waals surface area contributed by atoms with E-state index in [0.717, 1.165) is 49.0 Å². The lowest BCUT2D eigenvalue weighted by Gasteiger charge is -2.62. The van der Waals surface area contributed by atoms with E-state index in [1.165, 1.54) is 37.7 Å². The number of phenols is 1. The van der Waals surface area contributed by atoms with E-state index in [9.17, 15) is 10.2 Å². The zero-order valence-electron chi connectivity index (χ0n) is 19.3. The van der Waals surface area contributed by atoms with Gasteiger partial charge in [0.05, 0.1) is 17.8 Å². The second kappa shape index (κ2) is 7.04. The Hall–Kier alpha value is -1.42. The molecule has 7 rings (SSSR count). The number of isothiocyanates is 1. The number of aromatic hydroxyl groups is 1. The predicted molar refractivity (Wildman–Crippen MR) is 128 cm³/mol. The van der Waals surface area contributed by atoms with Gasteiger partial charge in [0.25, 0.3) is 0 Å². The normalized spacial score (nSPS) is 43.0. The third-order valence-electron chi connectivity index (χ3n) is 9.85. The molecule has 1 aromatic rings. The van der Waals surface area contributed by atoms with Gasteiger partial charge in [0.15, 0.2) is 0 Å².